The molecule has 0 unspecified atom stereocenters. The van der Waals surface area contributed by atoms with Crippen molar-refractivity contribution in [1.82, 2.24) is 10.2 Å². The van der Waals surface area contributed by atoms with E-state index in [1.54, 1.807) is 0 Å². The fraction of sp³-hybridized carbons (Fsp3) is 0.875. The summed E-state index contributed by atoms with van der Waals surface area (Å²) in [5.74, 6) is -0.171. The molecule has 1 fully saturated rings. The van der Waals surface area contributed by atoms with Crippen molar-refractivity contribution < 1.29 is 14.3 Å². The first kappa shape index (κ1) is 18.0. The lowest BCUT2D eigenvalue weighted by atomic mass is 10.0. The number of rotatable bonds is 9. The number of hydrogen-bond acceptors (Lipinski definition) is 4. The molecule has 1 saturated heterocycles. The quantitative estimate of drug-likeness (QED) is 0.523. The number of likely N-dealkylation sites (tertiary alicyclic amines) is 1. The van der Waals surface area contributed by atoms with Crippen molar-refractivity contribution in [2.45, 2.75) is 64.8 Å². The molecule has 5 nitrogen and oxygen atoms in total. The number of esters is 1. The lowest BCUT2D eigenvalue weighted by Crippen LogP contribution is -2.49. The third-order valence-corrected chi connectivity index (χ3v) is 3.87. The molecule has 122 valence electrons. The topological polar surface area (TPSA) is 58.6 Å². The Labute approximate surface area is 128 Å². The van der Waals surface area contributed by atoms with Gasteiger partial charge in [-0.2, -0.15) is 0 Å². The summed E-state index contributed by atoms with van der Waals surface area (Å²) in [6, 6.07) is -0.246. The van der Waals surface area contributed by atoms with Gasteiger partial charge in [-0.1, -0.05) is 32.6 Å². The molecule has 0 aromatic heterocycles. The van der Waals surface area contributed by atoms with Crippen molar-refractivity contribution in [2.75, 3.05) is 26.2 Å². The van der Waals surface area contributed by atoms with Crippen molar-refractivity contribution in [3.05, 3.63) is 0 Å². The maximum atomic E-state index is 12.0. The fourth-order valence-corrected chi connectivity index (χ4v) is 2.71. The molecule has 1 N–H and O–H groups in total. The molecule has 1 aliphatic heterocycles. The maximum Gasteiger partial charge on any atom is 0.323 e. The molecule has 1 atom stereocenters. The molecule has 1 rings (SSSR count). The van der Waals surface area contributed by atoms with Crippen LogP contribution in [0.3, 0.4) is 0 Å². The van der Waals surface area contributed by atoms with Crippen molar-refractivity contribution in [2.24, 2.45) is 0 Å². The Morgan fingerprint density at radius 1 is 1.19 bits per heavy atom. The van der Waals surface area contributed by atoms with Gasteiger partial charge in [-0.3, -0.25) is 14.5 Å². The molecule has 0 aromatic rings. The van der Waals surface area contributed by atoms with Gasteiger partial charge >= 0.3 is 5.97 Å². The second-order valence-corrected chi connectivity index (χ2v) is 5.64. The molecule has 1 amide bonds. The van der Waals surface area contributed by atoms with E-state index in [9.17, 15) is 9.59 Å². The van der Waals surface area contributed by atoms with Gasteiger partial charge in [0.05, 0.1) is 13.2 Å². The highest BCUT2D eigenvalue weighted by molar-refractivity contribution is 5.80. The Balaban J connectivity index is 2.32. The van der Waals surface area contributed by atoms with Crippen LogP contribution < -0.4 is 5.32 Å². The second-order valence-electron chi connectivity index (χ2n) is 5.64. The van der Waals surface area contributed by atoms with Gasteiger partial charge in [0.15, 0.2) is 0 Å². The summed E-state index contributed by atoms with van der Waals surface area (Å²) in [4.78, 5) is 25.9. The predicted octanol–water partition coefficient (Wildman–Crippen LogP) is 2.10. The number of carbonyl (C=O) groups is 2. The number of nitrogens with one attached hydrogen (secondary N) is 1. The maximum absolute atomic E-state index is 12.0. The van der Waals surface area contributed by atoms with Crippen LogP contribution in [0.5, 0.6) is 0 Å². The largest absolute Gasteiger partial charge is 0.465 e. The molecular formula is C16H30N2O3. The van der Waals surface area contributed by atoms with Gasteiger partial charge in [-0.15, -0.1) is 0 Å². The summed E-state index contributed by atoms with van der Waals surface area (Å²) in [6.07, 6.45) is 7.46. The van der Waals surface area contributed by atoms with E-state index in [0.29, 0.717) is 13.2 Å². The number of nitrogens with zero attached hydrogens (tertiary/aromatic N) is 1. The monoisotopic (exact) mass is 298 g/mol. The highest BCUT2D eigenvalue weighted by atomic mass is 16.5. The van der Waals surface area contributed by atoms with Crippen LogP contribution in [0.2, 0.25) is 0 Å². The van der Waals surface area contributed by atoms with E-state index in [4.69, 9.17) is 4.74 Å². The third-order valence-electron chi connectivity index (χ3n) is 3.87. The summed E-state index contributed by atoms with van der Waals surface area (Å²) < 4.78 is 5.11. The smallest absolute Gasteiger partial charge is 0.323 e. The van der Waals surface area contributed by atoms with Crippen LogP contribution in [0.15, 0.2) is 0 Å². The highest BCUT2D eigenvalue weighted by Gasteiger charge is 2.30. The zero-order chi connectivity index (χ0) is 15.5. The zero-order valence-corrected chi connectivity index (χ0v) is 13.5. The van der Waals surface area contributed by atoms with Crippen LogP contribution in [0, 0.1) is 0 Å². The van der Waals surface area contributed by atoms with E-state index >= 15 is 0 Å². The number of piperidine rings is 1. The second kappa shape index (κ2) is 10.6. The van der Waals surface area contributed by atoms with Crippen molar-refractivity contribution in [3.8, 4) is 0 Å². The molecule has 0 spiro atoms. The van der Waals surface area contributed by atoms with Crippen molar-refractivity contribution in [1.29, 1.82) is 0 Å². The Kier molecular flexibility index (Phi) is 9.06. The van der Waals surface area contributed by atoms with Gasteiger partial charge in [0, 0.05) is 6.54 Å². The molecule has 0 saturated carbocycles. The minimum Gasteiger partial charge on any atom is -0.465 e. The number of amides is 1. The molecule has 21 heavy (non-hydrogen) atoms. The van der Waals surface area contributed by atoms with E-state index in [1.807, 2.05) is 11.8 Å². The molecule has 1 aliphatic rings. The highest BCUT2D eigenvalue weighted by Crippen LogP contribution is 2.17. The minimum atomic E-state index is -0.246. The van der Waals surface area contributed by atoms with E-state index in [0.717, 1.165) is 45.2 Å². The summed E-state index contributed by atoms with van der Waals surface area (Å²) in [5.41, 5.74) is 0. The molecule has 0 aromatic carbocycles. The van der Waals surface area contributed by atoms with Crippen LogP contribution >= 0.6 is 0 Å². The standard InChI is InChI=1S/C16H30N2O3/c1-3-5-6-8-11-17-15(19)13-18-12-9-7-10-14(18)16(20)21-4-2/h14H,3-13H2,1-2H3,(H,17,19)/t14-/m1/s1. The fourth-order valence-electron chi connectivity index (χ4n) is 2.71. The number of ether oxygens (including phenoxy) is 1. The third kappa shape index (κ3) is 6.93. The van der Waals surface area contributed by atoms with Crippen molar-refractivity contribution >= 4 is 11.9 Å². The summed E-state index contributed by atoms with van der Waals surface area (Å²) in [5, 5.41) is 2.95. The first-order chi connectivity index (χ1) is 10.2. The summed E-state index contributed by atoms with van der Waals surface area (Å²) in [7, 11) is 0. The van der Waals surface area contributed by atoms with Gasteiger partial charge < -0.3 is 10.1 Å². The average Bonchev–Trinajstić information content (AvgIpc) is 2.48. The van der Waals surface area contributed by atoms with Crippen molar-refractivity contribution in [3.63, 3.8) is 0 Å². The van der Waals surface area contributed by atoms with E-state index < -0.39 is 0 Å². The summed E-state index contributed by atoms with van der Waals surface area (Å²) in [6.45, 7) is 6.21. The molecule has 1 heterocycles. The number of unbranched alkanes of at least 4 members (excludes halogenated alkanes) is 3. The number of hydrogen-bond donors (Lipinski definition) is 1. The number of carbonyl (C=O) groups excluding carboxylic acids is 2. The van der Waals surface area contributed by atoms with Crippen LogP contribution in [-0.2, 0) is 14.3 Å². The molecule has 0 aliphatic carbocycles. The lowest BCUT2D eigenvalue weighted by Gasteiger charge is -2.33. The van der Waals surface area contributed by atoms with Crippen LogP contribution in [0.1, 0.15) is 58.8 Å². The SMILES string of the molecule is CCCCCCNC(=O)CN1CCCC[C@@H]1C(=O)OCC. The van der Waals surface area contributed by atoms with Gasteiger partial charge in [0.25, 0.3) is 0 Å². The van der Waals surface area contributed by atoms with Gasteiger partial charge in [0.1, 0.15) is 6.04 Å². The van der Waals surface area contributed by atoms with Gasteiger partial charge in [0.2, 0.25) is 5.91 Å². The van der Waals surface area contributed by atoms with Crippen LogP contribution in [0.25, 0.3) is 0 Å². The van der Waals surface area contributed by atoms with E-state index in [1.165, 1.54) is 12.8 Å². The molecule has 5 heteroatoms. The van der Waals surface area contributed by atoms with Gasteiger partial charge in [-0.25, -0.2) is 0 Å². The lowest BCUT2D eigenvalue weighted by molar-refractivity contribution is -0.151. The van der Waals surface area contributed by atoms with Gasteiger partial charge in [-0.05, 0) is 32.7 Å². The van der Waals surface area contributed by atoms with E-state index in [2.05, 4.69) is 12.2 Å². The first-order valence-electron chi connectivity index (χ1n) is 8.36. The van der Waals surface area contributed by atoms with Crippen LogP contribution in [0.4, 0.5) is 0 Å². The van der Waals surface area contributed by atoms with Crippen LogP contribution in [-0.4, -0.2) is 49.1 Å². The molecule has 0 bridgehead atoms. The zero-order valence-electron chi connectivity index (χ0n) is 13.5. The minimum absolute atomic E-state index is 0.0164. The Bertz CT molecular complexity index is 321. The predicted molar refractivity (Wildman–Crippen MR) is 83.0 cm³/mol. The van der Waals surface area contributed by atoms with E-state index in [-0.39, 0.29) is 17.9 Å². The summed E-state index contributed by atoms with van der Waals surface area (Å²) >= 11 is 0. The average molecular weight is 298 g/mol. The molecular weight excluding hydrogens is 268 g/mol. The Morgan fingerprint density at radius 3 is 2.71 bits per heavy atom. The normalized spacial score (nSPS) is 19.2. The Hall–Kier alpha value is -1.10. The first-order valence-corrected chi connectivity index (χ1v) is 8.36. The molecule has 0 radical (unpaired) electrons. The Morgan fingerprint density at radius 2 is 2.00 bits per heavy atom.